The van der Waals surface area contributed by atoms with Gasteiger partial charge in [-0.2, -0.15) is 5.10 Å². The number of rotatable bonds is 6. The number of methoxy groups -OCH3 is 1. The SMILES string of the molecule is COc1cccc(/C=N/NC(=O)COc2ccccc2)c1O. The van der Waals surface area contributed by atoms with Crippen molar-refractivity contribution in [3.8, 4) is 17.2 Å². The third kappa shape index (κ3) is 4.24. The zero-order valence-corrected chi connectivity index (χ0v) is 12.0. The molecule has 2 aromatic carbocycles. The number of benzene rings is 2. The van der Waals surface area contributed by atoms with Crippen LogP contribution in [0.4, 0.5) is 0 Å². The number of ether oxygens (including phenoxy) is 2. The van der Waals surface area contributed by atoms with Crippen molar-refractivity contribution in [3.05, 3.63) is 54.1 Å². The van der Waals surface area contributed by atoms with E-state index in [0.717, 1.165) is 0 Å². The van der Waals surface area contributed by atoms with Gasteiger partial charge < -0.3 is 14.6 Å². The van der Waals surface area contributed by atoms with Crippen molar-refractivity contribution in [2.45, 2.75) is 0 Å². The second kappa shape index (κ2) is 7.68. The second-order valence-electron chi connectivity index (χ2n) is 4.29. The number of carbonyl (C=O) groups excluding carboxylic acids is 1. The molecule has 0 aliphatic heterocycles. The van der Waals surface area contributed by atoms with E-state index < -0.39 is 5.91 Å². The largest absolute Gasteiger partial charge is 0.504 e. The Morgan fingerprint density at radius 3 is 2.73 bits per heavy atom. The van der Waals surface area contributed by atoms with Gasteiger partial charge in [-0.15, -0.1) is 0 Å². The zero-order valence-electron chi connectivity index (χ0n) is 12.0. The smallest absolute Gasteiger partial charge is 0.277 e. The van der Waals surface area contributed by atoms with E-state index in [1.165, 1.54) is 13.3 Å². The highest BCUT2D eigenvalue weighted by molar-refractivity contribution is 5.86. The standard InChI is InChI=1S/C16H16N2O4/c1-21-14-9-5-6-12(16(14)20)10-17-18-15(19)11-22-13-7-3-2-4-8-13/h2-10,20H,11H2,1H3,(H,18,19)/b17-10+. The number of nitrogens with one attached hydrogen (secondary N) is 1. The summed E-state index contributed by atoms with van der Waals surface area (Å²) < 4.78 is 10.3. The summed E-state index contributed by atoms with van der Waals surface area (Å²) in [7, 11) is 1.46. The Morgan fingerprint density at radius 1 is 1.23 bits per heavy atom. The molecule has 0 fully saturated rings. The molecule has 114 valence electrons. The maximum Gasteiger partial charge on any atom is 0.277 e. The molecule has 0 bridgehead atoms. The molecule has 0 aliphatic rings. The summed E-state index contributed by atoms with van der Waals surface area (Å²) in [5, 5.41) is 13.6. The number of nitrogens with zero attached hydrogens (tertiary/aromatic N) is 1. The average molecular weight is 300 g/mol. The molecule has 0 spiro atoms. The second-order valence-corrected chi connectivity index (χ2v) is 4.29. The predicted molar refractivity (Wildman–Crippen MR) is 82.3 cm³/mol. The van der Waals surface area contributed by atoms with Gasteiger partial charge in [-0.1, -0.05) is 24.3 Å². The number of hydrogen-bond donors (Lipinski definition) is 2. The molecular formula is C16H16N2O4. The molecule has 0 atom stereocenters. The Balaban J connectivity index is 1.86. The van der Waals surface area contributed by atoms with Gasteiger partial charge >= 0.3 is 0 Å². The maximum absolute atomic E-state index is 11.6. The van der Waals surface area contributed by atoms with Crippen molar-refractivity contribution in [2.75, 3.05) is 13.7 Å². The van der Waals surface area contributed by atoms with Gasteiger partial charge in [-0.25, -0.2) is 5.43 Å². The van der Waals surface area contributed by atoms with E-state index in [-0.39, 0.29) is 12.4 Å². The van der Waals surface area contributed by atoms with Crippen LogP contribution in [-0.4, -0.2) is 30.9 Å². The quantitative estimate of drug-likeness (QED) is 0.631. The molecule has 0 radical (unpaired) electrons. The molecule has 2 rings (SSSR count). The van der Waals surface area contributed by atoms with E-state index in [2.05, 4.69) is 10.5 Å². The topological polar surface area (TPSA) is 80.2 Å². The van der Waals surface area contributed by atoms with Crippen LogP contribution in [0.1, 0.15) is 5.56 Å². The summed E-state index contributed by atoms with van der Waals surface area (Å²) in [4.78, 5) is 11.6. The molecule has 0 saturated carbocycles. The fourth-order valence-corrected chi connectivity index (χ4v) is 1.68. The Morgan fingerprint density at radius 2 is 2.00 bits per heavy atom. The minimum atomic E-state index is -0.400. The van der Waals surface area contributed by atoms with Gasteiger partial charge in [0.05, 0.1) is 13.3 Å². The lowest BCUT2D eigenvalue weighted by molar-refractivity contribution is -0.123. The summed E-state index contributed by atoms with van der Waals surface area (Å²) >= 11 is 0. The van der Waals surface area contributed by atoms with Crippen LogP contribution < -0.4 is 14.9 Å². The third-order valence-corrected chi connectivity index (χ3v) is 2.76. The molecular weight excluding hydrogens is 284 g/mol. The van der Waals surface area contributed by atoms with E-state index in [0.29, 0.717) is 17.1 Å². The van der Waals surface area contributed by atoms with Crippen LogP contribution >= 0.6 is 0 Å². The fourth-order valence-electron chi connectivity index (χ4n) is 1.68. The third-order valence-electron chi connectivity index (χ3n) is 2.76. The number of carbonyl (C=O) groups is 1. The van der Waals surface area contributed by atoms with Gasteiger partial charge in [0, 0.05) is 5.56 Å². The highest BCUT2D eigenvalue weighted by atomic mass is 16.5. The van der Waals surface area contributed by atoms with Crippen LogP contribution in [0.25, 0.3) is 0 Å². The number of amides is 1. The summed E-state index contributed by atoms with van der Waals surface area (Å²) in [6, 6.07) is 14.0. The fraction of sp³-hybridized carbons (Fsp3) is 0.125. The monoisotopic (exact) mass is 300 g/mol. The lowest BCUT2D eigenvalue weighted by Crippen LogP contribution is -2.24. The minimum absolute atomic E-state index is 0.0384. The van der Waals surface area contributed by atoms with Crippen molar-refractivity contribution < 1.29 is 19.4 Å². The molecule has 22 heavy (non-hydrogen) atoms. The van der Waals surface area contributed by atoms with Crippen molar-refractivity contribution in [1.29, 1.82) is 0 Å². The van der Waals surface area contributed by atoms with Crippen LogP contribution in [0.5, 0.6) is 17.2 Å². The molecule has 0 aromatic heterocycles. The number of aromatic hydroxyl groups is 1. The lowest BCUT2D eigenvalue weighted by atomic mass is 10.2. The first-order chi connectivity index (χ1) is 10.7. The molecule has 0 saturated heterocycles. The predicted octanol–water partition coefficient (Wildman–Crippen LogP) is 1.93. The van der Waals surface area contributed by atoms with Crippen LogP contribution in [-0.2, 0) is 4.79 Å². The minimum Gasteiger partial charge on any atom is -0.504 e. The maximum atomic E-state index is 11.6. The van der Waals surface area contributed by atoms with Crippen molar-refractivity contribution in [1.82, 2.24) is 5.43 Å². The zero-order chi connectivity index (χ0) is 15.8. The summed E-state index contributed by atoms with van der Waals surface area (Å²) in [5.74, 6) is 0.501. The normalized spacial score (nSPS) is 10.4. The Kier molecular flexibility index (Phi) is 5.37. The summed E-state index contributed by atoms with van der Waals surface area (Å²) in [6.07, 6.45) is 1.33. The number of phenolic OH excluding ortho intramolecular Hbond substituents is 1. The molecule has 0 unspecified atom stereocenters. The molecule has 6 heteroatoms. The van der Waals surface area contributed by atoms with Crippen LogP contribution in [0.3, 0.4) is 0 Å². The van der Waals surface area contributed by atoms with Crippen molar-refractivity contribution in [2.24, 2.45) is 5.10 Å². The van der Waals surface area contributed by atoms with Gasteiger partial charge in [0.25, 0.3) is 5.91 Å². The lowest BCUT2D eigenvalue weighted by Gasteiger charge is -2.05. The van der Waals surface area contributed by atoms with Crippen LogP contribution in [0.2, 0.25) is 0 Å². The van der Waals surface area contributed by atoms with Gasteiger partial charge in [0.2, 0.25) is 0 Å². The van der Waals surface area contributed by atoms with E-state index in [1.807, 2.05) is 18.2 Å². The Labute approximate surface area is 128 Å². The number of phenols is 1. The van der Waals surface area contributed by atoms with Crippen molar-refractivity contribution in [3.63, 3.8) is 0 Å². The first kappa shape index (κ1) is 15.4. The van der Waals surface area contributed by atoms with Crippen LogP contribution in [0.15, 0.2) is 53.6 Å². The van der Waals surface area contributed by atoms with E-state index in [1.54, 1.807) is 30.3 Å². The molecule has 2 aromatic rings. The highest BCUT2D eigenvalue weighted by Gasteiger charge is 2.05. The van der Waals surface area contributed by atoms with E-state index in [9.17, 15) is 9.90 Å². The van der Waals surface area contributed by atoms with Gasteiger partial charge in [0.1, 0.15) is 5.75 Å². The first-order valence-corrected chi connectivity index (χ1v) is 6.56. The highest BCUT2D eigenvalue weighted by Crippen LogP contribution is 2.27. The van der Waals surface area contributed by atoms with Gasteiger partial charge in [-0.05, 0) is 24.3 Å². The van der Waals surface area contributed by atoms with Crippen molar-refractivity contribution >= 4 is 12.1 Å². The average Bonchev–Trinajstić information content (AvgIpc) is 2.55. The summed E-state index contributed by atoms with van der Waals surface area (Å²) in [6.45, 7) is -0.147. The van der Waals surface area contributed by atoms with E-state index in [4.69, 9.17) is 9.47 Å². The molecule has 0 aliphatic carbocycles. The number of hydrazone groups is 1. The van der Waals surface area contributed by atoms with Gasteiger partial charge in [0.15, 0.2) is 18.1 Å². The molecule has 1 amide bonds. The van der Waals surface area contributed by atoms with E-state index >= 15 is 0 Å². The first-order valence-electron chi connectivity index (χ1n) is 6.56. The summed E-state index contributed by atoms with van der Waals surface area (Å²) in [5.41, 5.74) is 2.75. The molecule has 6 nitrogen and oxygen atoms in total. The molecule has 0 heterocycles. The Bertz CT molecular complexity index is 656. The molecule has 2 N–H and O–H groups in total. The Hall–Kier alpha value is -3.02. The number of para-hydroxylation sites is 2. The van der Waals surface area contributed by atoms with Crippen LogP contribution in [0, 0.1) is 0 Å². The van der Waals surface area contributed by atoms with Gasteiger partial charge in [-0.3, -0.25) is 4.79 Å². The number of hydrogen-bond acceptors (Lipinski definition) is 5.